The second-order valence-corrected chi connectivity index (χ2v) is 5.25. The maximum atomic E-state index is 6.00. The fraction of sp³-hybridized carbons (Fsp3) is 0.600. The monoisotopic (exact) mass is 248 g/mol. The molecule has 2 atom stereocenters. The summed E-state index contributed by atoms with van der Waals surface area (Å²) in [6, 6.07) is 6.96. The molecule has 0 spiro atoms. The first kappa shape index (κ1) is 13.5. The first-order valence-corrected chi connectivity index (χ1v) is 6.69. The molecule has 2 N–H and O–H groups in total. The van der Waals surface area contributed by atoms with Crippen molar-refractivity contribution in [3.05, 3.63) is 34.9 Å². The molecule has 1 aromatic rings. The second-order valence-electron chi connectivity index (χ2n) is 5.25. The molecule has 1 aliphatic rings. The lowest BCUT2D eigenvalue weighted by molar-refractivity contribution is 0.101. The molecule has 18 heavy (non-hydrogen) atoms. The predicted octanol–water partition coefficient (Wildman–Crippen LogP) is 2.02. The smallest absolute Gasteiger partial charge is 0.0710 e. The second kappa shape index (κ2) is 5.83. The van der Waals surface area contributed by atoms with Gasteiger partial charge < -0.3 is 10.5 Å². The molecular weight excluding hydrogens is 224 g/mol. The molecule has 1 aliphatic heterocycles. The summed E-state index contributed by atoms with van der Waals surface area (Å²) in [5, 5.41) is 0. The minimum Gasteiger partial charge on any atom is -0.380 e. The molecule has 0 bridgehead atoms. The minimum absolute atomic E-state index is 0.325. The summed E-state index contributed by atoms with van der Waals surface area (Å²) in [5.41, 5.74) is 10.0. The van der Waals surface area contributed by atoms with Crippen LogP contribution in [0.4, 0.5) is 0 Å². The quantitative estimate of drug-likeness (QED) is 0.886. The lowest BCUT2D eigenvalue weighted by Crippen LogP contribution is -2.33. The van der Waals surface area contributed by atoms with Gasteiger partial charge in [-0.1, -0.05) is 23.8 Å². The number of methoxy groups -OCH3 is 1. The molecule has 1 saturated heterocycles. The zero-order valence-electron chi connectivity index (χ0n) is 11.6. The van der Waals surface area contributed by atoms with Gasteiger partial charge in [0, 0.05) is 32.8 Å². The standard InChI is InChI=1S/C15H24N2O/c1-11-4-5-14(12(2)8-11)15(9-16)17-7-6-13(10-17)18-3/h4-5,8,13,15H,6-7,9-10,16H2,1-3H3. The highest BCUT2D eigenvalue weighted by molar-refractivity contribution is 5.33. The molecule has 0 aromatic heterocycles. The van der Waals surface area contributed by atoms with E-state index in [1.807, 2.05) is 0 Å². The number of ether oxygens (including phenoxy) is 1. The van der Waals surface area contributed by atoms with E-state index in [1.165, 1.54) is 16.7 Å². The molecule has 0 radical (unpaired) electrons. The van der Waals surface area contributed by atoms with Crippen LogP contribution in [0.25, 0.3) is 0 Å². The summed E-state index contributed by atoms with van der Waals surface area (Å²) in [5.74, 6) is 0. The Labute approximate surface area is 110 Å². The molecule has 0 amide bonds. The van der Waals surface area contributed by atoms with Crippen molar-refractivity contribution in [2.75, 3.05) is 26.7 Å². The van der Waals surface area contributed by atoms with E-state index >= 15 is 0 Å². The van der Waals surface area contributed by atoms with Gasteiger partial charge in [-0.2, -0.15) is 0 Å². The number of benzene rings is 1. The number of nitrogens with zero attached hydrogens (tertiary/aromatic N) is 1. The third kappa shape index (κ3) is 2.74. The third-order valence-electron chi connectivity index (χ3n) is 3.96. The first-order valence-electron chi connectivity index (χ1n) is 6.69. The number of hydrogen-bond donors (Lipinski definition) is 1. The molecule has 0 aliphatic carbocycles. The summed E-state index contributed by atoms with van der Waals surface area (Å²) in [4.78, 5) is 2.45. The molecule has 0 saturated carbocycles. The number of hydrogen-bond acceptors (Lipinski definition) is 3. The number of likely N-dealkylation sites (tertiary alicyclic amines) is 1. The van der Waals surface area contributed by atoms with Crippen molar-refractivity contribution in [3.63, 3.8) is 0 Å². The Morgan fingerprint density at radius 3 is 2.78 bits per heavy atom. The molecule has 3 nitrogen and oxygen atoms in total. The van der Waals surface area contributed by atoms with E-state index in [4.69, 9.17) is 10.5 Å². The van der Waals surface area contributed by atoms with Crippen LogP contribution in [0.5, 0.6) is 0 Å². The van der Waals surface area contributed by atoms with Crippen molar-refractivity contribution in [3.8, 4) is 0 Å². The normalized spacial score (nSPS) is 22.3. The van der Waals surface area contributed by atoms with Crippen molar-refractivity contribution in [2.24, 2.45) is 5.73 Å². The summed E-state index contributed by atoms with van der Waals surface area (Å²) < 4.78 is 5.44. The highest BCUT2D eigenvalue weighted by Gasteiger charge is 2.28. The van der Waals surface area contributed by atoms with Crippen LogP contribution in [-0.4, -0.2) is 37.7 Å². The maximum absolute atomic E-state index is 6.00. The van der Waals surface area contributed by atoms with E-state index in [1.54, 1.807) is 7.11 Å². The molecule has 2 rings (SSSR count). The van der Waals surface area contributed by atoms with Gasteiger partial charge in [-0.25, -0.2) is 0 Å². The van der Waals surface area contributed by atoms with Crippen molar-refractivity contribution in [1.82, 2.24) is 4.90 Å². The SMILES string of the molecule is COC1CCN(C(CN)c2ccc(C)cc2C)C1. The minimum atomic E-state index is 0.325. The molecule has 2 unspecified atom stereocenters. The highest BCUT2D eigenvalue weighted by atomic mass is 16.5. The van der Waals surface area contributed by atoms with Crippen molar-refractivity contribution >= 4 is 0 Å². The van der Waals surface area contributed by atoms with Crippen molar-refractivity contribution in [1.29, 1.82) is 0 Å². The van der Waals surface area contributed by atoms with E-state index in [2.05, 4.69) is 36.9 Å². The number of aryl methyl sites for hydroxylation is 2. The van der Waals surface area contributed by atoms with Gasteiger partial charge >= 0.3 is 0 Å². The molecule has 1 fully saturated rings. The van der Waals surface area contributed by atoms with Crippen LogP contribution in [0.15, 0.2) is 18.2 Å². The Morgan fingerprint density at radius 1 is 1.44 bits per heavy atom. The van der Waals surface area contributed by atoms with Gasteiger partial charge in [-0.15, -0.1) is 0 Å². The third-order valence-corrected chi connectivity index (χ3v) is 3.96. The summed E-state index contributed by atoms with van der Waals surface area (Å²) in [6.45, 7) is 7.04. The van der Waals surface area contributed by atoms with Crippen molar-refractivity contribution < 1.29 is 4.74 Å². The van der Waals surface area contributed by atoms with Gasteiger partial charge in [0.05, 0.1) is 6.10 Å². The average Bonchev–Trinajstić information content (AvgIpc) is 2.81. The first-order chi connectivity index (χ1) is 8.65. The number of rotatable bonds is 4. The molecule has 100 valence electrons. The predicted molar refractivity (Wildman–Crippen MR) is 74.7 cm³/mol. The van der Waals surface area contributed by atoms with E-state index in [0.29, 0.717) is 18.7 Å². The zero-order chi connectivity index (χ0) is 13.1. The Morgan fingerprint density at radius 2 is 2.22 bits per heavy atom. The van der Waals surface area contributed by atoms with Gasteiger partial charge in [0.2, 0.25) is 0 Å². The van der Waals surface area contributed by atoms with E-state index in [9.17, 15) is 0 Å². The van der Waals surface area contributed by atoms with E-state index < -0.39 is 0 Å². The molecule has 3 heteroatoms. The lowest BCUT2D eigenvalue weighted by atomic mass is 9.98. The largest absolute Gasteiger partial charge is 0.380 e. The van der Waals surface area contributed by atoms with E-state index in [-0.39, 0.29) is 0 Å². The lowest BCUT2D eigenvalue weighted by Gasteiger charge is -2.28. The van der Waals surface area contributed by atoms with Gasteiger partial charge in [0.1, 0.15) is 0 Å². The van der Waals surface area contributed by atoms with Crippen LogP contribution < -0.4 is 5.73 Å². The number of nitrogens with two attached hydrogens (primary N) is 1. The summed E-state index contributed by atoms with van der Waals surface area (Å²) >= 11 is 0. The Bertz CT molecular complexity index is 405. The van der Waals surface area contributed by atoms with Crippen LogP contribution in [-0.2, 0) is 4.74 Å². The molecular formula is C15H24N2O. The average molecular weight is 248 g/mol. The van der Waals surface area contributed by atoms with Crippen LogP contribution in [0.2, 0.25) is 0 Å². The maximum Gasteiger partial charge on any atom is 0.0710 e. The summed E-state index contributed by atoms with van der Waals surface area (Å²) in [6.07, 6.45) is 1.47. The van der Waals surface area contributed by atoms with Crippen LogP contribution in [0, 0.1) is 13.8 Å². The van der Waals surface area contributed by atoms with Gasteiger partial charge in [0.25, 0.3) is 0 Å². The fourth-order valence-electron chi connectivity index (χ4n) is 2.90. The zero-order valence-corrected chi connectivity index (χ0v) is 11.6. The van der Waals surface area contributed by atoms with Crippen LogP contribution in [0.3, 0.4) is 0 Å². The van der Waals surface area contributed by atoms with Gasteiger partial charge in [-0.3, -0.25) is 4.90 Å². The van der Waals surface area contributed by atoms with Crippen molar-refractivity contribution in [2.45, 2.75) is 32.4 Å². The molecule has 1 aromatic carbocycles. The van der Waals surface area contributed by atoms with Gasteiger partial charge in [0.15, 0.2) is 0 Å². The Hall–Kier alpha value is -0.900. The molecule has 1 heterocycles. The van der Waals surface area contributed by atoms with Crippen LogP contribution >= 0.6 is 0 Å². The Kier molecular flexibility index (Phi) is 4.38. The highest BCUT2D eigenvalue weighted by Crippen LogP contribution is 2.27. The topological polar surface area (TPSA) is 38.5 Å². The van der Waals surface area contributed by atoms with Gasteiger partial charge in [-0.05, 0) is 31.4 Å². The fourth-order valence-corrected chi connectivity index (χ4v) is 2.90. The summed E-state index contributed by atoms with van der Waals surface area (Å²) in [7, 11) is 1.79. The van der Waals surface area contributed by atoms with E-state index in [0.717, 1.165) is 19.5 Å². The Balaban J connectivity index is 2.18. The van der Waals surface area contributed by atoms with Crippen LogP contribution in [0.1, 0.15) is 29.2 Å².